The van der Waals surface area contributed by atoms with Crippen LogP contribution < -0.4 is 5.32 Å². The van der Waals surface area contributed by atoms with Crippen molar-refractivity contribution in [2.24, 2.45) is 13.0 Å². The number of aliphatic hydroxyl groups is 1. The van der Waals surface area contributed by atoms with Gasteiger partial charge < -0.3 is 15.0 Å². The maximum Gasteiger partial charge on any atom is 0.269 e. The molecule has 0 spiro atoms. The number of rotatable bonds is 4. The molecule has 5 heteroatoms. The van der Waals surface area contributed by atoms with E-state index in [1.54, 1.807) is 11.5 Å². The van der Waals surface area contributed by atoms with Gasteiger partial charge in [0, 0.05) is 24.5 Å². The second kappa shape index (κ2) is 5.70. The fourth-order valence-corrected chi connectivity index (χ4v) is 2.52. The van der Waals surface area contributed by atoms with Gasteiger partial charge in [-0.05, 0) is 18.9 Å². The highest BCUT2D eigenvalue weighted by Gasteiger charge is 2.27. The summed E-state index contributed by atoms with van der Waals surface area (Å²) in [5, 5.41) is 14.3. The van der Waals surface area contributed by atoms with E-state index in [1.165, 1.54) is 0 Å². The molecule has 1 aromatic carbocycles. The number of amides is 1. The molecule has 1 heterocycles. The molecule has 114 valence electrons. The van der Waals surface area contributed by atoms with E-state index in [-0.39, 0.29) is 18.4 Å². The minimum atomic E-state index is -0.952. The van der Waals surface area contributed by atoms with E-state index in [4.69, 9.17) is 11.6 Å². The monoisotopic (exact) mass is 308 g/mol. The van der Waals surface area contributed by atoms with Crippen molar-refractivity contribution in [1.82, 2.24) is 9.88 Å². The van der Waals surface area contributed by atoms with Crippen LogP contribution in [0.25, 0.3) is 10.9 Å². The number of hydrogen-bond acceptors (Lipinski definition) is 2. The van der Waals surface area contributed by atoms with Crippen LogP contribution in [0, 0.1) is 5.92 Å². The maximum absolute atomic E-state index is 12.4. The number of carbonyl (C=O) groups excluding carboxylic acids is 1. The molecule has 0 bridgehead atoms. The average Bonchev–Trinajstić information content (AvgIpc) is 2.69. The molecule has 1 unspecified atom stereocenters. The Kier molecular flexibility index (Phi) is 4.30. The Hall–Kier alpha value is -1.52. The highest BCUT2D eigenvalue weighted by Crippen LogP contribution is 2.29. The summed E-state index contributed by atoms with van der Waals surface area (Å²) in [6, 6.07) is 7.60. The van der Waals surface area contributed by atoms with E-state index in [0.717, 1.165) is 10.9 Å². The number of para-hydroxylation sites is 1. The number of aryl methyl sites for hydroxylation is 1. The van der Waals surface area contributed by atoms with Crippen molar-refractivity contribution < 1.29 is 9.90 Å². The van der Waals surface area contributed by atoms with Gasteiger partial charge in [0.1, 0.15) is 5.69 Å². The summed E-state index contributed by atoms with van der Waals surface area (Å²) < 4.78 is 1.77. The zero-order valence-corrected chi connectivity index (χ0v) is 13.5. The fraction of sp³-hybridized carbons (Fsp3) is 0.438. The molecule has 2 rings (SSSR count). The standard InChI is InChI=1S/C16H21ClN2O2/c1-10(2)16(3,21)9-18-15(20)14-13(17)11-7-5-6-8-12(11)19(14)4/h5-8,10,21H,9H2,1-4H3,(H,18,20). The SMILES string of the molecule is CC(C)C(C)(O)CNC(=O)c1c(Cl)c2ccccc2n1C. The smallest absolute Gasteiger partial charge is 0.269 e. The summed E-state index contributed by atoms with van der Waals surface area (Å²) in [5.41, 5.74) is 0.368. The van der Waals surface area contributed by atoms with Gasteiger partial charge in [-0.2, -0.15) is 0 Å². The lowest BCUT2D eigenvalue weighted by Crippen LogP contribution is -2.44. The van der Waals surface area contributed by atoms with Crippen molar-refractivity contribution in [2.75, 3.05) is 6.54 Å². The molecule has 0 saturated heterocycles. The number of nitrogens with one attached hydrogen (secondary N) is 1. The number of nitrogens with zero attached hydrogens (tertiary/aromatic N) is 1. The summed E-state index contributed by atoms with van der Waals surface area (Å²) in [5.74, 6) is -0.236. The number of benzene rings is 1. The highest BCUT2D eigenvalue weighted by atomic mass is 35.5. The summed E-state index contributed by atoms with van der Waals surface area (Å²) in [6.45, 7) is 5.72. The molecule has 1 amide bonds. The first-order valence-corrected chi connectivity index (χ1v) is 7.37. The third-order valence-corrected chi connectivity index (χ3v) is 4.49. The Morgan fingerprint density at radius 3 is 2.62 bits per heavy atom. The van der Waals surface area contributed by atoms with Gasteiger partial charge in [0.15, 0.2) is 0 Å². The van der Waals surface area contributed by atoms with Crippen LogP contribution >= 0.6 is 11.6 Å². The third-order valence-electron chi connectivity index (χ3n) is 4.11. The normalized spacial score (nSPS) is 14.4. The van der Waals surface area contributed by atoms with Gasteiger partial charge in [-0.25, -0.2) is 0 Å². The molecule has 1 aromatic heterocycles. The molecule has 1 atom stereocenters. The fourth-order valence-electron chi connectivity index (χ4n) is 2.15. The van der Waals surface area contributed by atoms with Crippen molar-refractivity contribution in [2.45, 2.75) is 26.4 Å². The predicted octanol–water partition coefficient (Wildman–Crippen LogP) is 2.97. The largest absolute Gasteiger partial charge is 0.388 e. The van der Waals surface area contributed by atoms with Gasteiger partial charge in [0.25, 0.3) is 5.91 Å². The van der Waals surface area contributed by atoms with Gasteiger partial charge in [-0.1, -0.05) is 43.6 Å². The van der Waals surface area contributed by atoms with Crippen molar-refractivity contribution in [3.05, 3.63) is 35.0 Å². The quantitative estimate of drug-likeness (QED) is 0.912. The summed E-state index contributed by atoms with van der Waals surface area (Å²) in [4.78, 5) is 12.4. The van der Waals surface area contributed by atoms with Gasteiger partial charge in [0.2, 0.25) is 0 Å². The lowest BCUT2D eigenvalue weighted by atomic mass is 9.92. The zero-order chi connectivity index (χ0) is 15.8. The van der Waals surface area contributed by atoms with E-state index >= 15 is 0 Å². The Morgan fingerprint density at radius 1 is 1.43 bits per heavy atom. The minimum Gasteiger partial charge on any atom is -0.388 e. The van der Waals surface area contributed by atoms with Crippen LogP contribution in [-0.4, -0.2) is 27.7 Å². The van der Waals surface area contributed by atoms with Crippen molar-refractivity contribution in [3.63, 3.8) is 0 Å². The van der Waals surface area contributed by atoms with Crippen LogP contribution in [0.3, 0.4) is 0 Å². The van der Waals surface area contributed by atoms with Crippen LogP contribution in [0.4, 0.5) is 0 Å². The van der Waals surface area contributed by atoms with E-state index in [2.05, 4.69) is 5.32 Å². The van der Waals surface area contributed by atoms with Crippen LogP contribution in [-0.2, 0) is 7.05 Å². The van der Waals surface area contributed by atoms with E-state index in [1.807, 2.05) is 45.2 Å². The number of halogens is 1. The van der Waals surface area contributed by atoms with Gasteiger partial charge in [-0.15, -0.1) is 0 Å². The molecule has 2 aromatic rings. The van der Waals surface area contributed by atoms with Crippen LogP contribution in [0.1, 0.15) is 31.3 Å². The summed E-state index contributed by atoms with van der Waals surface area (Å²) in [6.07, 6.45) is 0. The van der Waals surface area contributed by atoms with E-state index < -0.39 is 5.60 Å². The van der Waals surface area contributed by atoms with E-state index in [0.29, 0.717) is 10.7 Å². The summed E-state index contributed by atoms with van der Waals surface area (Å²) in [7, 11) is 1.81. The topological polar surface area (TPSA) is 54.3 Å². The summed E-state index contributed by atoms with van der Waals surface area (Å²) >= 11 is 6.33. The molecule has 0 fully saturated rings. The first-order valence-electron chi connectivity index (χ1n) is 6.99. The molecular formula is C16H21ClN2O2. The third kappa shape index (κ3) is 2.92. The van der Waals surface area contributed by atoms with Crippen LogP contribution in [0.2, 0.25) is 5.02 Å². The molecule has 0 saturated carbocycles. The lowest BCUT2D eigenvalue weighted by Gasteiger charge is -2.27. The number of hydrogen-bond donors (Lipinski definition) is 2. The molecular weight excluding hydrogens is 288 g/mol. The minimum absolute atomic E-state index is 0.0424. The molecule has 21 heavy (non-hydrogen) atoms. The number of aromatic nitrogens is 1. The van der Waals surface area contributed by atoms with Crippen molar-refractivity contribution >= 4 is 28.4 Å². The lowest BCUT2D eigenvalue weighted by molar-refractivity contribution is 0.0141. The Bertz CT molecular complexity index is 635. The highest BCUT2D eigenvalue weighted by molar-refractivity contribution is 6.38. The van der Waals surface area contributed by atoms with Gasteiger partial charge in [0.05, 0.1) is 10.6 Å². The molecule has 0 aliphatic carbocycles. The Balaban J connectivity index is 2.28. The van der Waals surface area contributed by atoms with Gasteiger partial charge >= 0.3 is 0 Å². The van der Waals surface area contributed by atoms with Crippen molar-refractivity contribution in [3.8, 4) is 0 Å². The molecule has 4 nitrogen and oxygen atoms in total. The molecule has 0 aliphatic rings. The van der Waals surface area contributed by atoms with Gasteiger partial charge in [-0.3, -0.25) is 4.79 Å². The first-order chi connectivity index (χ1) is 9.75. The van der Waals surface area contributed by atoms with Crippen LogP contribution in [0.15, 0.2) is 24.3 Å². The molecule has 0 aliphatic heterocycles. The predicted molar refractivity (Wildman–Crippen MR) is 85.7 cm³/mol. The molecule has 0 radical (unpaired) electrons. The first kappa shape index (κ1) is 15.9. The zero-order valence-electron chi connectivity index (χ0n) is 12.8. The molecule has 2 N–H and O–H groups in total. The number of fused-ring (bicyclic) bond motifs is 1. The maximum atomic E-state index is 12.4. The van der Waals surface area contributed by atoms with Crippen molar-refractivity contribution in [1.29, 1.82) is 0 Å². The average molecular weight is 309 g/mol. The Morgan fingerprint density at radius 2 is 2.05 bits per heavy atom. The second-order valence-corrected chi connectivity index (χ2v) is 6.31. The van der Waals surface area contributed by atoms with E-state index in [9.17, 15) is 9.90 Å². The number of carbonyl (C=O) groups is 1. The van der Waals surface area contributed by atoms with Crippen LogP contribution in [0.5, 0.6) is 0 Å². The second-order valence-electron chi connectivity index (χ2n) is 5.93. The Labute approximate surface area is 129 Å².